The molecular formula is C13H20N2O2. The van der Waals surface area contributed by atoms with Gasteiger partial charge in [-0.05, 0) is 31.9 Å². The Balaban J connectivity index is 2.01. The van der Waals surface area contributed by atoms with Crippen molar-refractivity contribution in [2.24, 2.45) is 11.1 Å². The van der Waals surface area contributed by atoms with Crippen LogP contribution in [0, 0.1) is 5.41 Å². The molecular weight excluding hydrogens is 216 g/mol. The number of carbonyl (C=O) groups excluding carboxylic acids is 1. The van der Waals surface area contributed by atoms with E-state index in [2.05, 4.69) is 5.32 Å². The molecule has 1 aliphatic rings. The van der Waals surface area contributed by atoms with Crippen molar-refractivity contribution in [2.45, 2.75) is 38.6 Å². The minimum absolute atomic E-state index is 0.0707. The maximum absolute atomic E-state index is 12.3. The normalized spacial score (nSPS) is 20.1. The van der Waals surface area contributed by atoms with Crippen LogP contribution in [0.5, 0.6) is 0 Å². The van der Waals surface area contributed by atoms with Crippen LogP contribution in [-0.4, -0.2) is 12.5 Å². The second kappa shape index (κ2) is 4.92. The van der Waals surface area contributed by atoms with Crippen LogP contribution in [0.4, 0.5) is 0 Å². The molecule has 17 heavy (non-hydrogen) atoms. The summed E-state index contributed by atoms with van der Waals surface area (Å²) in [7, 11) is 0. The van der Waals surface area contributed by atoms with Gasteiger partial charge in [0.15, 0.2) is 0 Å². The summed E-state index contributed by atoms with van der Waals surface area (Å²) in [5, 5.41) is 3.00. The van der Waals surface area contributed by atoms with Crippen molar-refractivity contribution in [3.63, 3.8) is 0 Å². The van der Waals surface area contributed by atoms with E-state index in [9.17, 15) is 4.79 Å². The van der Waals surface area contributed by atoms with Gasteiger partial charge in [-0.25, -0.2) is 0 Å². The highest BCUT2D eigenvalue weighted by Crippen LogP contribution is 2.37. The fraction of sp³-hybridized carbons (Fsp3) is 0.615. The SMILES string of the molecule is CC(NC(=O)C1(CN)CCCC1)c1ccco1. The Bertz CT molecular complexity index is 367. The van der Waals surface area contributed by atoms with Crippen molar-refractivity contribution in [3.8, 4) is 0 Å². The molecule has 0 aromatic carbocycles. The smallest absolute Gasteiger partial charge is 0.228 e. The van der Waals surface area contributed by atoms with E-state index in [1.54, 1.807) is 6.26 Å². The molecule has 1 unspecified atom stereocenters. The van der Waals surface area contributed by atoms with Crippen molar-refractivity contribution in [1.29, 1.82) is 0 Å². The summed E-state index contributed by atoms with van der Waals surface area (Å²) >= 11 is 0. The van der Waals surface area contributed by atoms with E-state index in [-0.39, 0.29) is 17.4 Å². The highest BCUT2D eigenvalue weighted by atomic mass is 16.3. The number of rotatable bonds is 4. The van der Waals surface area contributed by atoms with Gasteiger partial charge in [-0.2, -0.15) is 0 Å². The van der Waals surface area contributed by atoms with Gasteiger partial charge in [0.05, 0.1) is 17.7 Å². The van der Waals surface area contributed by atoms with E-state index in [1.807, 2.05) is 19.1 Å². The molecule has 0 aliphatic heterocycles. The molecule has 1 aromatic heterocycles. The number of nitrogens with one attached hydrogen (secondary N) is 1. The number of furan rings is 1. The number of hydrogen-bond acceptors (Lipinski definition) is 3. The third-order valence-electron chi connectivity index (χ3n) is 3.75. The average molecular weight is 236 g/mol. The quantitative estimate of drug-likeness (QED) is 0.839. The molecule has 1 aliphatic carbocycles. The van der Waals surface area contributed by atoms with Crippen LogP contribution in [0.3, 0.4) is 0 Å². The van der Waals surface area contributed by atoms with Gasteiger partial charge in [-0.3, -0.25) is 4.79 Å². The van der Waals surface area contributed by atoms with Crippen LogP contribution in [0.2, 0.25) is 0 Å². The molecule has 1 amide bonds. The Morgan fingerprint density at radius 1 is 1.59 bits per heavy atom. The van der Waals surface area contributed by atoms with E-state index in [1.165, 1.54) is 0 Å². The Labute approximate surface area is 102 Å². The zero-order chi connectivity index (χ0) is 12.3. The second-order valence-corrected chi connectivity index (χ2v) is 4.90. The molecule has 1 atom stereocenters. The third-order valence-corrected chi connectivity index (χ3v) is 3.75. The molecule has 1 saturated carbocycles. The number of amides is 1. The molecule has 1 fully saturated rings. The van der Waals surface area contributed by atoms with Gasteiger partial charge in [-0.1, -0.05) is 12.8 Å². The van der Waals surface area contributed by atoms with Gasteiger partial charge in [0, 0.05) is 6.54 Å². The van der Waals surface area contributed by atoms with Gasteiger partial charge in [0.25, 0.3) is 0 Å². The minimum atomic E-state index is -0.346. The monoisotopic (exact) mass is 236 g/mol. The number of hydrogen-bond donors (Lipinski definition) is 2. The predicted octanol–water partition coefficient (Wildman–Crippen LogP) is 1.98. The van der Waals surface area contributed by atoms with Crippen molar-refractivity contribution in [1.82, 2.24) is 5.32 Å². The van der Waals surface area contributed by atoms with Crippen molar-refractivity contribution in [3.05, 3.63) is 24.2 Å². The highest BCUT2D eigenvalue weighted by Gasteiger charge is 2.40. The van der Waals surface area contributed by atoms with Crippen LogP contribution in [0.1, 0.15) is 44.4 Å². The van der Waals surface area contributed by atoms with E-state index in [4.69, 9.17) is 10.2 Å². The van der Waals surface area contributed by atoms with Gasteiger partial charge < -0.3 is 15.5 Å². The van der Waals surface area contributed by atoms with Crippen LogP contribution in [-0.2, 0) is 4.79 Å². The van der Waals surface area contributed by atoms with E-state index in [0.29, 0.717) is 6.54 Å². The standard InChI is InChI=1S/C13H20N2O2/c1-10(11-5-4-8-17-11)15-12(16)13(9-14)6-2-3-7-13/h4-5,8,10H,2-3,6-7,9,14H2,1H3,(H,15,16). The predicted molar refractivity (Wildman–Crippen MR) is 65.2 cm³/mol. The molecule has 4 heteroatoms. The van der Waals surface area contributed by atoms with E-state index >= 15 is 0 Å². The van der Waals surface area contributed by atoms with E-state index < -0.39 is 0 Å². The third kappa shape index (κ3) is 2.36. The van der Waals surface area contributed by atoms with Crippen molar-refractivity contribution >= 4 is 5.91 Å². The minimum Gasteiger partial charge on any atom is -0.467 e. The highest BCUT2D eigenvalue weighted by molar-refractivity contribution is 5.83. The van der Waals surface area contributed by atoms with Crippen molar-refractivity contribution in [2.75, 3.05) is 6.54 Å². The van der Waals surface area contributed by atoms with Crippen LogP contribution in [0.15, 0.2) is 22.8 Å². The summed E-state index contributed by atoms with van der Waals surface area (Å²) in [6.45, 7) is 2.36. The van der Waals surface area contributed by atoms with Gasteiger partial charge in [-0.15, -0.1) is 0 Å². The molecule has 1 aromatic rings. The zero-order valence-corrected chi connectivity index (χ0v) is 10.2. The lowest BCUT2D eigenvalue weighted by Gasteiger charge is -2.27. The first kappa shape index (κ1) is 12.2. The molecule has 4 nitrogen and oxygen atoms in total. The largest absolute Gasteiger partial charge is 0.467 e. The van der Waals surface area contributed by atoms with Gasteiger partial charge >= 0.3 is 0 Å². The topological polar surface area (TPSA) is 68.3 Å². The lowest BCUT2D eigenvalue weighted by Crippen LogP contribution is -2.44. The molecule has 1 heterocycles. The molecule has 3 N–H and O–H groups in total. The molecule has 94 valence electrons. The van der Waals surface area contributed by atoms with Gasteiger partial charge in [0.2, 0.25) is 5.91 Å². The Morgan fingerprint density at radius 3 is 2.82 bits per heavy atom. The number of carbonyl (C=O) groups is 1. The van der Waals surface area contributed by atoms with Crippen LogP contribution in [0.25, 0.3) is 0 Å². The molecule has 0 bridgehead atoms. The first-order valence-corrected chi connectivity index (χ1v) is 6.22. The molecule has 2 rings (SSSR count). The lowest BCUT2D eigenvalue weighted by atomic mass is 9.85. The summed E-state index contributed by atoms with van der Waals surface area (Å²) in [4.78, 5) is 12.3. The van der Waals surface area contributed by atoms with Crippen LogP contribution >= 0.6 is 0 Å². The molecule has 0 spiro atoms. The maximum Gasteiger partial charge on any atom is 0.228 e. The Morgan fingerprint density at radius 2 is 2.29 bits per heavy atom. The summed E-state index contributed by atoms with van der Waals surface area (Å²) in [5.74, 6) is 0.852. The zero-order valence-electron chi connectivity index (χ0n) is 10.2. The van der Waals surface area contributed by atoms with E-state index in [0.717, 1.165) is 31.4 Å². The summed E-state index contributed by atoms with van der Waals surface area (Å²) in [6, 6.07) is 3.60. The molecule has 0 saturated heterocycles. The lowest BCUT2D eigenvalue weighted by molar-refractivity contribution is -0.131. The summed E-state index contributed by atoms with van der Waals surface area (Å²) in [6.07, 6.45) is 5.62. The Hall–Kier alpha value is -1.29. The Kier molecular flexibility index (Phi) is 3.52. The first-order valence-electron chi connectivity index (χ1n) is 6.22. The summed E-state index contributed by atoms with van der Waals surface area (Å²) in [5.41, 5.74) is 5.43. The summed E-state index contributed by atoms with van der Waals surface area (Å²) < 4.78 is 5.28. The average Bonchev–Trinajstić information content (AvgIpc) is 3.01. The van der Waals surface area contributed by atoms with Crippen LogP contribution < -0.4 is 11.1 Å². The first-order chi connectivity index (χ1) is 8.18. The maximum atomic E-state index is 12.3. The fourth-order valence-electron chi connectivity index (χ4n) is 2.53. The fourth-order valence-corrected chi connectivity index (χ4v) is 2.53. The second-order valence-electron chi connectivity index (χ2n) is 4.90. The van der Waals surface area contributed by atoms with Crippen molar-refractivity contribution < 1.29 is 9.21 Å². The molecule has 0 radical (unpaired) electrons. The van der Waals surface area contributed by atoms with Gasteiger partial charge in [0.1, 0.15) is 5.76 Å². The number of nitrogens with two attached hydrogens (primary N) is 1.